The Labute approximate surface area is 58.7 Å². The average molecular weight is 153 g/mol. The molecule has 0 bridgehead atoms. The van der Waals surface area contributed by atoms with Gasteiger partial charge in [-0.2, -0.15) is 0 Å². The number of aromatic amines is 1. The third-order valence-electron chi connectivity index (χ3n) is 0.635. The predicted octanol–water partition coefficient (Wildman–Crippen LogP) is 0.795. The Morgan fingerprint density at radius 3 is 1.90 bits per heavy atom. The van der Waals surface area contributed by atoms with Crippen LogP contribution in [0, 0.1) is 6.92 Å². The number of imidazole rings is 1. The second-order valence-electron chi connectivity index (χ2n) is 1.17. The number of aryl methyl sites for hydroxylation is 1. The minimum absolute atomic E-state index is 0. The second kappa shape index (κ2) is 10.9. The van der Waals surface area contributed by atoms with Crippen LogP contribution in [0.4, 0.5) is 14.1 Å². The third kappa shape index (κ3) is 7.06. The molecule has 0 saturated carbocycles. The fraction of sp³-hybridized carbons (Fsp3) is 0.250. The van der Waals surface area contributed by atoms with Gasteiger partial charge in [-0.25, -0.2) is 4.98 Å². The van der Waals surface area contributed by atoms with Crippen molar-refractivity contribution in [3.8, 4) is 0 Å². The van der Waals surface area contributed by atoms with E-state index in [9.17, 15) is 0 Å². The lowest BCUT2D eigenvalue weighted by Gasteiger charge is -1.68. The van der Waals surface area contributed by atoms with Crippen LogP contribution in [0.3, 0.4) is 0 Å². The largest absolute Gasteiger partial charge is 0.349 e. The van der Waals surface area contributed by atoms with E-state index in [1.807, 2.05) is 6.92 Å². The molecule has 6 heteroatoms. The highest BCUT2D eigenvalue weighted by atomic mass is 19.0. The zero-order valence-corrected chi connectivity index (χ0v) is 5.40. The minimum Gasteiger partial charge on any atom is -0.349 e. The Morgan fingerprint density at radius 2 is 1.80 bits per heavy atom. The summed E-state index contributed by atoms with van der Waals surface area (Å²) in [6.45, 7) is 1.92. The first-order valence-electron chi connectivity index (χ1n) is 1.85. The molecule has 3 radical (unpaired) electrons. The van der Waals surface area contributed by atoms with Crippen LogP contribution in [-0.2, 0) is 0 Å². The van der Waals surface area contributed by atoms with Crippen LogP contribution in [0.2, 0.25) is 0 Å². The van der Waals surface area contributed by atoms with Crippen molar-refractivity contribution in [3.05, 3.63) is 18.2 Å². The third-order valence-corrected chi connectivity index (χ3v) is 0.635. The maximum Gasteiger partial charge on any atom is 0.102 e. The van der Waals surface area contributed by atoms with E-state index in [0.717, 1.165) is 5.82 Å². The summed E-state index contributed by atoms with van der Waals surface area (Å²) < 4.78 is 0. The molecule has 0 unspecified atom stereocenters. The minimum atomic E-state index is 0. The van der Waals surface area contributed by atoms with Gasteiger partial charge in [0.25, 0.3) is 0 Å². The summed E-state index contributed by atoms with van der Waals surface area (Å²) in [6, 6.07) is 0. The van der Waals surface area contributed by atoms with E-state index in [-0.39, 0.29) is 22.5 Å². The summed E-state index contributed by atoms with van der Waals surface area (Å²) in [5.74, 6) is 0.968. The van der Waals surface area contributed by atoms with E-state index >= 15 is 0 Å². The summed E-state index contributed by atoms with van der Waals surface area (Å²) >= 11 is 0. The number of nitrogens with zero attached hydrogens (tertiary/aromatic N) is 1. The molecule has 1 rings (SSSR count). The molecule has 10 heavy (non-hydrogen) atoms. The quantitative estimate of drug-likeness (QED) is 0.548. The lowest BCUT2D eigenvalue weighted by molar-refractivity contribution is 1.11. The molecule has 0 saturated heterocycles. The number of nitrogens with one attached hydrogen (secondary N) is 1. The number of hydrogen-bond donors (Lipinski definition) is 1. The van der Waals surface area contributed by atoms with Gasteiger partial charge in [-0.15, -0.1) is 0 Å². The molecule has 1 aromatic heterocycles. The Morgan fingerprint density at radius 1 is 1.30 bits per heavy atom. The van der Waals surface area contributed by atoms with Gasteiger partial charge in [-0.05, 0) is 6.92 Å². The maximum atomic E-state index is 3.86. The highest BCUT2D eigenvalue weighted by Gasteiger charge is 1.73. The molecule has 0 aliphatic rings. The van der Waals surface area contributed by atoms with Gasteiger partial charge in [0, 0.05) is 20.8 Å². The Balaban J connectivity index is -0.0000000450. The molecule has 0 aromatic carbocycles. The fourth-order valence-electron chi connectivity index (χ4n) is 0.344. The van der Waals surface area contributed by atoms with Gasteiger partial charge in [0.2, 0.25) is 0 Å². The van der Waals surface area contributed by atoms with E-state index in [0.29, 0.717) is 0 Å². The van der Waals surface area contributed by atoms with Crippen molar-refractivity contribution in [3.63, 3.8) is 0 Å². The second-order valence-corrected chi connectivity index (χ2v) is 1.17. The smallest absolute Gasteiger partial charge is 0.102 e. The van der Waals surface area contributed by atoms with Crippen molar-refractivity contribution in [2.75, 3.05) is 0 Å². The lowest BCUT2D eigenvalue weighted by atomic mass is 10.8. The highest BCUT2D eigenvalue weighted by molar-refractivity contribution is 5.75. The number of rotatable bonds is 0. The van der Waals surface area contributed by atoms with Crippen molar-refractivity contribution in [2.24, 2.45) is 0 Å². The van der Waals surface area contributed by atoms with Crippen molar-refractivity contribution >= 4 is 8.41 Å². The molecule has 1 aromatic rings. The molecule has 59 valence electrons. The molecule has 0 atom stereocenters. The Kier molecular flexibility index (Phi) is 25.2. The normalized spacial score (nSPS) is 5.30. The number of halogens is 3. The van der Waals surface area contributed by atoms with Gasteiger partial charge in [-0.3, -0.25) is 14.1 Å². The zero-order valence-electron chi connectivity index (χ0n) is 5.40. The van der Waals surface area contributed by atoms with Crippen LogP contribution in [0.25, 0.3) is 0 Å². The van der Waals surface area contributed by atoms with Crippen LogP contribution in [0.15, 0.2) is 12.4 Å². The molecule has 0 aliphatic carbocycles. The monoisotopic (exact) mass is 153 g/mol. The fourth-order valence-corrected chi connectivity index (χ4v) is 0.344. The molecule has 0 spiro atoms. The summed E-state index contributed by atoms with van der Waals surface area (Å²) in [5.41, 5.74) is 0. The van der Waals surface area contributed by atoms with E-state index in [2.05, 4.69) is 9.97 Å². The Bertz CT molecular complexity index is 122. The topological polar surface area (TPSA) is 28.7 Å². The van der Waals surface area contributed by atoms with E-state index in [1.165, 1.54) is 0 Å². The number of aromatic nitrogens is 2. The predicted molar refractivity (Wildman–Crippen MR) is 36.6 cm³/mol. The first kappa shape index (κ1) is 23.0. The van der Waals surface area contributed by atoms with Gasteiger partial charge in [0.05, 0.1) is 0 Å². The van der Waals surface area contributed by atoms with E-state index in [1.54, 1.807) is 12.4 Å². The standard InChI is InChI=1S/C4H6N2.B.3FH/c1-4-5-2-3-6-4;;;;/h2-3H,1H3,(H,5,6);;3*1H. The molecular formula is C4H9BF3N2. The first-order chi connectivity index (χ1) is 2.89. The van der Waals surface area contributed by atoms with Gasteiger partial charge in [-0.1, -0.05) is 0 Å². The molecule has 0 amide bonds. The van der Waals surface area contributed by atoms with Crippen molar-refractivity contribution in [1.29, 1.82) is 0 Å². The molecule has 0 fully saturated rings. The molecule has 1 heterocycles. The summed E-state index contributed by atoms with van der Waals surface area (Å²) in [6.07, 6.45) is 3.53. The molecule has 0 aliphatic heterocycles. The number of H-pyrrole nitrogens is 1. The van der Waals surface area contributed by atoms with Crippen molar-refractivity contribution in [2.45, 2.75) is 6.92 Å². The van der Waals surface area contributed by atoms with E-state index in [4.69, 9.17) is 0 Å². The van der Waals surface area contributed by atoms with E-state index < -0.39 is 0 Å². The van der Waals surface area contributed by atoms with Gasteiger partial charge in [0.1, 0.15) is 5.82 Å². The van der Waals surface area contributed by atoms with Gasteiger partial charge >= 0.3 is 0 Å². The van der Waals surface area contributed by atoms with Crippen molar-refractivity contribution < 1.29 is 14.1 Å². The van der Waals surface area contributed by atoms with Crippen molar-refractivity contribution in [1.82, 2.24) is 9.97 Å². The van der Waals surface area contributed by atoms with Crippen LogP contribution < -0.4 is 0 Å². The summed E-state index contributed by atoms with van der Waals surface area (Å²) in [4.78, 5) is 6.75. The van der Waals surface area contributed by atoms with Crippen LogP contribution >= 0.6 is 0 Å². The Hall–Kier alpha value is -0.935. The maximum absolute atomic E-state index is 3.86. The molecule has 2 nitrogen and oxygen atoms in total. The van der Waals surface area contributed by atoms with Crippen LogP contribution in [-0.4, -0.2) is 18.4 Å². The number of hydrogen-bond acceptors (Lipinski definition) is 1. The van der Waals surface area contributed by atoms with Gasteiger partial charge < -0.3 is 4.98 Å². The zero-order chi connectivity index (χ0) is 4.41. The molecular weight excluding hydrogens is 144 g/mol. The summed E-state index contributed by atoms with van der Waals surface area (Å²) in [5, 5.41) is 0. The van der Waals surface area contributed by atoms with Gasteiger partial charge in [0.15, 0.2) is 0 Å². The van der Waals surface area contributed by atoms with Crippen LogP contribution in [0.5, 0.6) is 0 Å². The SMILES string of the molecule is Cc1ncc[nH]1.F.F.F.[B]. The molecule has 1 N–H and O–H groups in total. The lowest BCUT2D eigenvalue weighted by Crippen LogP contribution is -1.66. The summed E-state index contributed by atoms with van der Waals surface area (Å²) in [7, 11) is 0. The highest BCUT2D eigenvalue weighted by Crippen LogP contribution is 1.78. The average Bonchev–Trinajstić information content (AvgIpc) is 1.86. The first-order valence-corrected chi connectivity index (χ1v) is 1.85. The van der Waals surface area contributed by atoms with Crippen LogP contribution in [0.1, 0.15) is 5.82 Å².